The Labute approximate surface area is 118 Å². The molecule has 100 valence electrons. The van der Waals surface area contributed by atoms with E-state index in [2.05, 4.69) is 34.1 Å². The Hall–Kier alpha value is -1.62. The summed E-state index contributed by atoms with van der Waals surface area (Å²) in [6.45, 7) is 6.22. The molecule has 0 radical (unpaired) electrons. The topological polar surface area (TPSA) is 50.7 Å². The van der Waals surface area contributed by atoms with Crippen LogP contribution in [0.15, 0.2) is 34.4 Å². The Balaban J connectivity index is 2.41. The molecule has 0 aromatic carbocycles. The van der Waals surface area contributed by atoms with Crippen molar-refractivity contribution in [2.24, 2.45) is 0 Å². The molecule has 0 aliphatic carbocycles. The molecule has 2 heterocycles. The molecule has 0 aliphatic heterocycles. The highest BCUT2D eigenvalue weighted by atomic mass is 32.2. The van der Waals surface area contributed by atoms with Gasteiger partial charge in [-0.2, -0.15) is 0 Å². The van der Waals surface area contributed by atoms with Gasteiger partial charge in [0.15, 0.2) is 0 Å². The van der Waals surface area contributed by atoms with Crippen LogP contribution in [0.2, 0.25) is 0 Å². The lowest BCUT2D eigenvalue weighted by atomic mass is 10.2. The fourth-order valence-electron chi connectivity index (χ4n) is 1.62. The average molecular weight is 274 g/mol. The summed E-state index contributed by atoms with van der Waals surface area (Å²) in [7, 11) is 1.88. The molecule has 0 spiro atoms. The zero-order chi connectivity index (χ0) is 13.8. The van der Waals surface area contributed by atoms with Gasteiger partial charge in [0.2, 0.25) is 0 Å². The van der Waals surface area contributed by atoms with Gasteiger partial charge in [0, 0.05) is 24.7 Å². The maximum atomic E-state index is 4.65. The van der Waals surface area contributed by atoms with Crippen LogP contribution in [0.25, 0.3) is 0 Å². The van der Waals surface area contributed by atoms with Gasteiger partial charge in [-0.25, -0.2) is 15.0 Å². The summed E-state index contributed by atoms with van der Waals surface area (Å²) in [5.41, 5.74) is 1.06. The number of hydrogen-bond donors (Lipinski definition) is 1. The van der Waals surface area contributed by atoms with Crippen LogP contribution in [0.1, 0.15) is 31.2 Å². The molecule has 0 unspecified atom stereocenters. The largest absolute Gasteiger partial charge is 0.373 e. The van der Waals surface area contributed by atoms with Gasteiger partial charge in [0.05, 0.1) is 0 Å². The van der Waals surface area contributed by atoms with Crippen molar-refractivity contribution in [3.05, 3.63) is 35.8 Å². The highest BCUT2D eigenvalue weighted by Crippen LogP contribution is 2.30. The van der Waals surface area contributed by atoms with E-state index in [1.165, 1.54) is 0 Å². The summed E-state index contributed by atoms with van der Waals surface area (Å²) >= 11 is 1.57. The zero-order valence-electron chi connectivity index (χ0n) is 11.6. The quantitative estimate of drug-likeness (QED) is 0.865. The Bertz CT molecular complexity index is 555. The second-order valence-electron chi connectivity index (χ2n) is 4.54. The minimum absolute atomic E-state index is 0.302. The first-order valence-corrected chi connectivity index (χ1v) is 7.08. The molecule has 2 aromatic heterocycles. The van der Waals surface area contributed by atoms with Gasteiger partial charge in [-0.05, 0) is 30.8 Å². The Morgan fingerprint density at radius 1 is 1.21 bits per heavy atom. The average Bonchev–Trinajstić information content (AvgIpc) is 2.42. The predicted molar refractivity (Wildman–Crippen MR) is 78.8 cm³/mol. The van der Waals surface area contributed by atoms with E-state index in [1.54, 1.807) is 18.0 Å². The lowest BCUT2D eigenvalue weighted by molar-refractivity contribution is 0.749. The van der Waals surface area contributed by atoms with Gasteiger partial charge >= 0.3 is 0 Å². The molecule has 0 saturated carbocycles. The Kier molecular flexibility index (Phi) is 4.37. The molecule has 1 N–H and O–H groups in total. The maximum absolute atomic E-state index is 4.65. The summed E-state index contributed by atoms with van der Waals surface area (Å²) in [5.74, 6) is 2.04. The van der Waals surface area contributed by atoms with Crippen LogP contribution in [-0.4, -0.2) is 22.0 Å². The standard InChI is InChI=1S/C14H18N4S/c1-9(2)12-17-13(15-4)10(3)14(18-12)19-11-7-5-6-8-16-11/h5-9H,1-4H3,(H,15,17,18). The molecule has 0 aliphatic rings. The van der Waals surface area contributed by atoms with Crippen molar-refractivity contribution in [1.29, 1.82) is 0 Å². The third kappa shape index (κ3) is 3.23. The maximum Gasteiger partial charge on any atom is 0.134 e. The number of rotatable bonds is 4. The summed E-state index contributed by atoms with van der Waals surface area (Å²) in [6.07, 6.45) is 1.79. The molecule has 0 atom stereocenters. The lowest BCUT2D eigenvalue weighted by Crippen LogP contribution is -2.06. The normalized spacial score (nSPS) is 10.8. The van der Waals surface area contributed by atoms with Crippen molar-refractivity contribution in [2.75, 3.05) is 12.4 Å². The highest BCUT2D eigenvalue weighted by molar-refractivity contribution is 7.99. The van der Waals surface area contributed by atoms with Crippen molar-refractivity contribution in [2.45, 2.75) is 36.7 Å². The molecular weight excluding hydrogens is 256 g/mol. The lowest BCUT2D eigenvalue weighted by Gasteiger charge is -2.13. The fraction of sp³-hybridized carbons (Fsp3) is 0.357. The van der Waals surface area contributed by atoms with E-state index in [1.807, 2.05) is 32.2 Å². The molecule has 0 amide bonds. The molecule has 4 nitrogen and oxygen atoms in total. The zero-order valence-corrected chi connectivity index (χ0v) is 12.5. The van der Waals surface area contributed by atoms with E-state index >= 15 is 0 Å². The van der Waals surface area contributed by atoms with Crippen LogP contribution < -0.4 is 5.32 Å². The summed E-state index contributed by atoms with van der Waals surface area (Å²) in [4.78, 5) is 13.5. The second-order valence-corrected chi connectivity index (χ2v) is 5.54. The van der Waals surface area contributed by atoms with E-state index in [0.717, 1.165) is 27.3 Å². The van der Waals surface area contributed by atoms with Gasteiger partial charge in [-0.3, -0.25) is 0 Å². The van der Waals surface area contributed by atoms with Crippen LogP contribution in [0.4, 0.5) is 5.82 Å². The predicted octanol–water partition coefficient (Wildman–Crippen LogP) is 3.50. The molecule has 0 fully saturated rings. The minimum atomic E-state index is 0.302. The van der Waals surface area contributed by atoms with Crippen LogP contribution in [0.3, 0.4) is 0 Å². The van der Waals surface area contributed by atoms with Gasteiger partial charge in [-0.15, -0.1) is 0 Å². The SMILES string of the molecule is CNc1nc(C(C)C)nc(Sc2ccccn2)c1C. The number of anilines is 1. The van der Waals surface area contributed by atoms with Crippen molar-refractivity contribution in [3.8, 4) is 0 Å². The first-order chi connectivity index (χ1) is 9.11. The first kappa shape index (κ1) is 13.8. The molecule has 0 saturated heterocycles. The monoisotopic (exact) mass is 274 g/mol. The van der Waals surface area contributed by atoms with Crippen LogP contribution >= 0.6 is 11.8 Å². The highest BCUT2D eigenvalue weighted by Gasteiger charge is 2.13. The van der Waals surface area contributed by atoms with Gasteiger partial charge in [0.25, 0.3) is 0 Å². The van der Waals surface area contributed by atoms with Crippen LogP contribution in [0.5, 0.6) is 0 Å². The molecule has 0 bridgehead atoms. The third-order valence-electron chi connectivity index (χ3n) is 2.71. The number of hydrogen-bond acceptors (Lipinski definition) is 5. The van der Waals surface area contributed by atoms with Gasteiger partial charge in [-0.1, -0.05) is 19.9 Å². The van der Waals surface area contributed by atoms with Crippen LogP contribution in [0, 0.1) is 6.92 Å². The summed E-state index contributed by atoms with van der Waals surface area (Å²) < 4.78 is 0. The smallest absolute Gasteiger partial charge is 0.134 e. The van der Waals surface area contributed by atoms with Crippen molar-refractivity contribution >= 4 is 17.6 Å². The van der Waals surface area contributed by atoms with Crippen molar-refractivity contribution < 1.29 is 0 Å². The van der Waals surface area contributed by atoms with E-state index in [4.69, 9.17) is 0 Å². The fourth-order valence-corrected chi connectivity index (χ4v) is 2.47. The summed E-state index contributed by atoms with van der Waals surface area (Å²) in [5, 5.41) is 5.04. The number of pyridine rings is 1. The molecule has 19 heavy (non-hydrogen) atoms. The van der Waals surface area contributed by atoms with Crippen molar-refractivity contribution in [3.63, 3.8) is 0 Å². The third-order valence-corrected chi connectivity index (χ3v) is 3.75. The molecule has 2 rings (SSSR count). The number of aromatic nitrogens is 3. The summed E-state index contributed by atoms with van der Waals surface area (Å²) in [6, 6.07) is 5.88. The van der Waals surface area contributed by atoms with E-state index in [9.17, 15) is 0 Å². The molecular formula is C14H18N4S. The van der Waals surface area contributed by atoms with E-state index in [-0.39, 0.29) is 0 Å². The van der Waals surface area contributed by atoms with Gasteiger partial charge < -0.3 is 5.32 Å². The second kappa shape index (κ2) is 6.02. The Morgan fingerprint density at radius 3 is 2.58 bits per heavy atom. The van der Waals surface area contributed by atoms with Gasteiger partial charge in [0.1, 0.15) is 21.7 Å². The van der Waals surface area contributed by atoms with E-state index in [0.29, 0.717) is 5.92 Å². The van der Waals surface area contributed by atoms with Crippen molar-refractivity contribution in [1.82, 2.24) is 15.0 Å². The Morgan fingerprint density at radius 2 is 2.00 bits per heavy atom. The number of nitrogens with one attached hydrogen (secondary N) is 1. The van der Waals surface area contributed by atoms with Crippen LogP contribution in [-0.2, 0) is 0 Å². The molecule has 2 aromatic rings. The van der Waals surface area contributed by atoms with E-state index < -0.39 is 0 Å². The minimum Gasteiger partial charge on any atom is -0.373 e. The first-order valence-electron chi connectivity index (χ1n) is 6.27. The number of nitrogens with zero attached hydrogens (tertiary/aromatic N) is 3. The molecule has 5 heteroatoms.